The second-order valence-electron chi connectivity index (χ2n) is 6.23. The van der Waals surface area contributed by atoms with Crippen LogP contribution in [-0.2, 0) is 16.0 Å². The molecule has 0 fully saturated rings. The molecule has 0 saturated carbocycles. The van der Waals surface area contributed by atoms with E-state index in [1.807, 2.05) is 19.9 Å². The van der Waals surface area contributed by atoms with Crippen molar-refractivity contribution in [2.75, 3.05) is 0 Å². The van der Waals surface area contributed by atoms with Crippen molar-refractivity contribution in [2.24, 2.45) is 5.92 Å². The molecule has 0 radical (unpaired) electrons. The molecule has 140 valence electrons. The number of halogens is 1. The first-order valence-corrected chi connectivity index (χ1v) is 8.77. The molecule has 6 nitrogen and oxygen atoms in total. The zero-order valence-corrected chi connectivity index (χ0v) is 15.8. The molecular formula is C20H20ClN3O3. The summed E-state index contributed by atoms with van der Waals surface area (Å²) >= 11 is 5.81. The fourth-order valence-electron chi connectivity index (χ4n) is 2.33. The van der Waals surface area contributed by atoms with E-state index in [0.717, 1.165) is 5.56 Å². The van der Waals surface area contributed by atoms with Crippen molar-refractivity contribution in [2.45, 2.75) is 26.4 Å². The van der Waals surface area contributed by atoms with Crippen molar-refractivity contribution in [1.29, 1.82) is 5.26 Å². The molecule has 0 heterocycles. The van der Waals surface area contributed by atoms with Crippen molar-refractivity contribution in [1.82, 2.24) is 10.9 Å². The molecule has 2 rings (SSSR count). The molecule has 0 bridgehead atoms. The van der Waals surface area contributed by atoms with Crippen LogP contribution < -0.4 is 15.6 Å². The molecule has 0 aromatic heterocycles. The van der Waals surface area contributed by atoms with E-state index in [4.69, 9.17) is 21.6 Å². The SMILES string of the molecule is CC(C)C(Oc1ccccc1C#N)C(=O)NNC(=O)Cc1ccc(Cl)cc1. The van der Waals surface area contributed by atoms with Gasteiger partial charge in [0.25, 0.3) is 5.91 Å². The topological polar surface area (TPSA) is 91.2 Å². The summed E-state index contributed by atoms with van der Waals surface area (Å²) < 4.78 is 5.72. The number of para-hydroxylation sites is 1. The van der Waals surface area contributed by atoms with Crippen LogP contribution in [0.1, 0.15) is 25.0 Å². The Morgan fingerprint density at radius 3 is 2.41 bits per heavy atom. The molecule has 1 atom stereocenters. The number of hydrogen-bond acceptors (Lipinski definition) is 4. The number of benzene rings is 2. The minimum Gasteiger partial charge on any atom is -0.479 e. The molecule has 7 heteroatoms. The van der Waals surface area contributed by atoms with Gasteiger partial charge in [0.15, 0.2) is 6.10 Å². The van der Waals surface area contributed by atoms with Crippen LogP contribution in [0.5, 0.6) is 5.75 Å². The first kappa shape index (κ1) is 20.3. The van der Waals surface area contributed by atoms with Gasteiger partial charge in [-0.15, -0.1) is 0 Å². The highest BCUT2D eigenvalue weighted by Crippen LogP contribution is 2.20. The van der Waals surface area contributed by atoms with Gasteiger partial charge in [0.05, 0.1) is 12.0 Å². The van der Waals surface area contributed by atoms with E-state index < -0.39 is 12.0 Å². The van der Waals surface area contributed by atoms with E-state index in [1.165, 1.54) is 0 Å². The predicted molar refractivity (Wildman–Crippen MR) is 102 cm³/mol. The van der Waals surface area contributed by atoms with E-state index >= 15 is 0 Å². The fraction of sp³-hybridized carbons (Fsp3) is 0.250. The predicted octanol–water partition coefficient (Wildman–Crippen LogP) is 3.01. The third kappa shape index (κ3) is 6.01. The van der Waals surface area contributed by atoms with Crippen LogP contribution in [0.4, 0.5) is 0 Å². The van der Waals surface area contributed by atoms with Gasteiger partial charge in [-0.05, 0) is 35.7 Å². The molecule has 2 N–H and O–H groups in total. The first-order valence-electron chi connectivity index (χ1n) is 8.39. The maximum atomic E-state index is 12.4. The Morgan fingerprint density at radius 2 is 1.78 bits per heavy atom. The zero-order valence-electron chi connectivity index (χ0n) is 15.0. The number of nitrogens with one attached hydrogen (secondary N) is 2. The van der Waals surface area contributed by atoms with E-state index in [-0.39, 0.29) is 18.2 Å². The van der Waals surface area contributed by atoms with Gasteiger partial charge in [0.2, 0.25) is 5.91 Å². The van der Waals surface area contributed by atoms with Gasteiger partial charge >= 0.3 is 0 Å². The summed E-state index contributed by atoms with van der Waals surface area (Å²) in [6.45, 7) is 3.63. The van der Waals surface area contributed by atoms with E-state index in [0.29, 0.717) is 16.3 Å². The first-order chi connectivity index (χ1) is 12.9. The summed E-state index contributed by atoms with van der Waals surface area (Å²) in [7, 11) is 0. The Hall–Kier alpha value is -3.04. The van der Waals surface area contributed by atoms with E-state index in [9.17, 15) is 9.59 Å². The van der Waals surface area contributed by atoms with Gasteiger partial charge in [-0.3, -0.25) is 20.4 Å². The smallest absolute Gasteiger partial charge is 0.279 e. The van der Waals surface area contributed by atoms with Gasteiger partial charge in [-0.1, -0.05) is 49.7 Å². The highest BCUT2D eigenvalue weighted by atomic mass is 35.5. The number of ether oxygens (including phenoxy) is 1. The fourth-order valence-corrected chi connectivity index (χ4v) is 2.45. The number of rotatable bonds is 6. The summed E-state index contributed by atoms with van der Waals surface area (Å²) in [5.41, 5.74) is 5.86. The Balaban J connectivity index is 1.95. The van der Waals surface area contributed by atoms with Gasteiger partial charge in [0, 0.05) is 5.02 Å². The summed E-state index contributed by atoms with van der Waals surface area (Å²) in [4.78, 5) is 24.4. The molecular weight excluding hydrogens is 366 g/mol. The van der Waals surface area contributed by atoms with E-state index in [1.54, 1.807) is 48.5 Å². The molecule has 0 aliphatic carbocycles. The largest absolute Gasteiger partial charge is 0.479 e. The van der Waals surface area contributed by atoms with Crippen molar-refractivity contribution in [3.8, 4) is 11.8 Å². The lowest BCUT2D eigenvalue weighted by Gasteiger charge is -2.22. The Labute approximate surface area is 163 Å². The minimum absolute atomic E-state index is 0.0991. The Morgan fingerprint density at radius 1 is 1.11 bits per heavy atom. The monoisotopic (exact) mass is 385 g/mol. The highest BCUT2D eigenvalue weighted by molar-refractivity contribution is 6.30. The number of carbonyl (C=O) groups is 2. The summed E-state index contributed by atoms with van der Waals surface area (Å²) in [6, 6.07) is 15.6. The second-order valence-corrected chi connectivity index (χ2v) is 6.67. The number of carbonyl (C=O) groups excluding carboxylic acids is 2. The van der Waals surface area contributed by atoms with Crippen LogP contribution in [0, 0.1) is 17.2 Å². The average molecular weight is 386 g/mol. The van der Waals surface area contributed by atoms with Crippen molar-refractivity contribution in [3.05, 3.63) is 64.7 Å². The lowest BCUT2D eigenvalue weighted by Crippen LogP contribution is -2.50. The van der Waals surface area contributed by atoms with Crippen LogP contribution in [0.3, 0.4) is 0 Å². The third-order valence-electron chi connectivity index (χ3n) is 3.73. The lowest BCUT2D eigenvalue weighted by atomic mass is 10.1. The molecule has 0 saturated heterocycles. The molecule has 2 amide bonds. The molecule has 2 aromatic rings. The number of nitrogens with zero attached hydrogens (tertiary/aromatic N) is 1. The van der Waals surface area contributed by atoms with Gasteiger partial charge in [0.1, 0.15) is 11.8 Å². The normalized spacial score (nSPS) is 11.4. The van der Waals surface area contributed by atoms with Crippen LogP contribution in [-0.4, -0.2) is 17.9 Å². The maximum Gasteiger partial charge on any atom is 0.279 e. The van der Waals surface area contributed by atoms with Crippen molar-refractivity contribution < 1.29 is 14.3 Å². The quantitative estimate of drug-likeness (QED) is 0.748. The van der Waals surface area contributed by atoms with Crippen molar-refractivity contribution in [3.63, 3.8) is 0 Å². The number of hydrogen-bond donors (Lipinski definition) is 2. The molecule has 27 heavy (non-hydrogen) atoms. The van der Waals surface area contributed by atoms with Crippen molar-refractivity contribution >= 4 is 23.4 Å². The van der Waals surface area contributed by atoms with Crippen LogP contribution in [0.25, 0.3) is 0 Å². The van der Waals surface area contributed by atoms with Gasteiger partial charge in [-0.2, -0.15) is 5.26 Å². The lowest BCUT2D eigenvalue weighted by molar-refractivity contribution is -0.134. The third-order valence-corrected chi connectivity index (χ3v) is 3.98. The molecule has 1 unspecified atom stereocenters. The molecule has 0 spiro atoms. The maximum absolute atomic E-state index is 12.4. The van der Waals surface area contributed by atoms with Gasteiger partial charge in [-0.25, -0.2) is 0 Å². The van der Waals surface area contributed by atoms with Crippen LogP contribution in [0.2, 0.25) is 5.02 Å². The standard InChI is InChI=1S/C20H20ClN3O3/c1-13(2)19(27-17-6-4-3-5-15(17)12-22)20(26)24-23-18(25)11-14-7-9-16(21)10-8-14/h3-10,13,19H,11H2,1-2H3,(H,23,25)(H,24,26). The summed E-state index contributed by atoms with van der Waals surface area (Å²) in [5.74, 6) is -0.723. The zero-order chi connectivity index (χ0) is 19.8. The molecule has 0 aliphatic rings. The van der Waals surface area contributed by atoms with Crippen LogP contribution >= 0.6 is 11.6 Å². The summed E-state index contributed by atoms with van der Waals surface area (Å²) in [6.07, 6.45) is -0.766. The molecule has 2 aromatic carbocycles. The highest BCUT2D eigenvalue weighted by Gasteiger charge is 2.25. The summed E-state index contributed by atoms with van der Waals surface area (Å²) in [5, 5.41) is 9.73. The number of hydrazine groups is 1. The Bertz CT molecular complexity index is 844. The Kier molecular flexibility index (Phi) is 7.21. The molecule has 0 aliphatic heterocycles. The average Bonchev–Trinajstić information content (AvgIpc) is 2.66. The number of amides is 2. The minimum atomic E-state index is -0.865. The van der Waals surface area contributed by atoms with E-state index in [2.05, 4.69) is 10.9 Å². The van der Waals surface area contributed by atoms with Crippen LogP contribution in [0.15, 0.2) is 48.5 Å². The number of nitriles is 1. The second kappa shape index (κ2) is 9.60. The van der Waals surface area contributed by atoms with Gasteiger partial charge < -0.3 is 4.74 Å².